The van der Waals surface area contributed by atoms with Gasteiger partial charge in [-0.05, 0) is 44.3 Å². The third-order valence-corrected chi connectivity index (χ3v) is 4.63. The monoisotopic (exact) mass is 254 g/mol. The fourth-order valence-corrected chi connectivity index (χ4v) is 3.25. The van der Waals surface area contributed by atoms with Crippen LogP contribution < -0.4 is 5.73 Å². The Hall–Kier alpha value is -0.0800. The van der Waals surface area contributed by atoms with Crippen molar-refractivity contribution < 1.29 is 0 Å². The molecule has 2 heteroatoms. The molecule has 0 saturated carbocycles. The minimum atomic E-state index is 0.788. The molecule has 2 atom stereocenters. The first-order valence-corrected chi connectivity index (χ1v) is 8.24. The van der Waals surface area contributed by atoms with Crippen molar-refractivity contribution >= 4 is 0 Å². The van der Waals surface area contributed by atoms with Crippen LogP contribution in [-0.2, 0) is 0 Å². The van der Waals surface area contributed by atoms with E-state index in [1.54, 1.807) is 0 Å². The fraction of sp³-hybridized carbons (Fsp3) is 1.00. The molecule has 2 unspecified atom stereocenters. The lowest BCUT2D eigenvalue weighted by molar-refractivity contribution is 0.118. The standard InChI is InChI=1S/C16H34N2/c1-3-5-6-7-8-9-11-18-12-10-16(13-17)15(4-2)14-18/h15-16H,3-14,17H2,1-2H3. The van der Waals surface area contributed by atoms with Crippen LogP contribution in [0.4, 0.5) is 0 Å². The van der Waals surface area contributed by atoms with Crippen LogP contribution in [0.2, 0.25) is 0 Å². The average molecular weight is 254 g/mol. The first kappa shape index (κ1) is 16.0. The number of hydrogen-bond acceptors (Lipinski definition) is 2. The van der Waals surface area contributed by atoms with Gasteiger partial charge in [0.15, 0.2) is 0 Å². The largest absolute Gasteiger partial charge is 0.330 e. The minimum absolute atomic E-state index is 0.788. The predicted molar refractivity (Wildman–Crippen MR) is 80.8 cm³/mol. The number of nitrogens with zero attached hydrogens (tertiary/aromatic N) is 1. The van der Waals surface area contributed by atoms with Crippen molar-refractivity contribution in [2.24, 2.45) is 17.6 Å². The van der Waals surface area contributed by atoms with Crippen LogP contribution in [0.25, 0.3) is 0 Å². The predicted octanol–water partition coefficient (Wildman–Crippen LogP) is 3.65. The van der Waals surface area contributed by atoms with Crippen molar-refractivity contribution in [2.45, 2.75) is 65.2 Å². The third kappa shape index (κ3) is 5.71. The smallest absolute Gasteiger partial charge is 0.00127 e. The molecular formula is C16H34N2. The molecule has 0 aromatic heterocycles. The minimum Gasteiger partial charge on any atom is -0.330 e. The summed E-state index contributed by atoms with van der Waals surface area (Å²) in [5.41, 5.74) is 5.86. The molecular weight excluding hydrogens is 220 g/mol. The molecule has 2 N–H and O–H groups in total. The highest BCUT2D eigenvalue weighted by atomic mass is 15.1. The number of nitrogens with two attached hydrogens (primary N) is 1. The third-order valence-electron chi connectivity index (χ3n) is 4.63. The second kappa shape index (κ2) is 9.80. The van der Waals surface area contributed by atoms with Crippen molar-refractivity contribution in [2.75, 3.05) is 26.2 Å². The number of likely N-dealkylation sites (tertiary alicyclic amines) is 1. The van der Waals surface area contributed by atoms with Gasteiger partial charge in [0.2, 0.25) is 0 Å². The highest BCUT2D eigenvalue weighted by Crippen LogP contribution is 2.25. The quantitative estimate of drug-likeness (QED) is 0.636. The molecule has 0 spiro atoms. The summed E-state index contributed by atoms with van der Waals surface area (Å²) in [5, 5.41) is 0. The zero-order valence-corrected chi connectivity index (χ0v) is 12.7. The van der Waals surface area contributed by atoms with E-state index in [1.807, 2.05) is 0 Å². The molecule has 2 nitrogen and oxygen atoms in total. The zero-order valence-electron chi connectivity index (χ0n) is 12.7. The van der Waals surface area contributed by atoms with Crippen LogP contribution in [0.15, 0.2) is 0 Å². The van der Waals surface area contributed by atoms with Crippen LogP contribution in [0.3, 0.4) is 0 Å². The van der Waals surface area contributed by atoms with E-state index in [2.05, 4.69) is 18.7 Å². The molecule has 1 heterocycles. The van der Waals surface area contributed by atoms with E-state index < -0.39 is 0 Å². The molecule has 1 saturated heterocycles. The van der Waals surface area contributed by atoms with Crippen molar-refractivity contribution in [1.82, 2.24) is 4.90 Å². The van der Waals surface area contributed by atoms with Gasteiger partial charge >= 0.3 is 0 Å². The molecule has 0 amide bonds. The average Bonchev–Trinajstić information content (AvgIpc) is 2.42. The summed E-state index contributed by atoms with van der Waals surface area (Å²) in [4.78, 5) is 2.68. The maximum atomic E-state index is 5.86. The highest BCUT2D eigenvalue weighted by Gasteiger charge is 2.26. The van der Waals surface area contributed by atoms with Crippen molar-refractivity contribution in [3.63, 3.8) is 0 Å². The van der Waals surface area contributed by atoms with Gasteiger partial charge in [-0.15, -0.1) is 0 Å². The van der Waals surface area contributed by atoms with Crippen LogP contribution >= 0.6 is 0 Å². The Balaban J connectivity index is 2.08. The Morgan fingerprint density at radius 3 is 2.39 bits per heavy atom. The summed E-state index contributed by atoms with van der Waals surface area (Å²) >= 11 is 0. The summed E-state index contributed by atoms with van der Waals surface area (Å²) in [7, 11) is 0. The summed E-state index contributed by atoms with van der Waals surface area (Å²) < 4.78 is 0. The molecule has 1 aliphatic rings. The topological polar surface area (TPSA) is 29.3 Å². The van der Waals surface area contributed by atoms with Crippen molar-refractivity contribution in [3.8, 4) is 0 Å². The Bertz CT molecular complexity index is 194. The van der Waals surface area contributed by atoms with Gasteiger partial charge in [-0.1, -0.05) is 52.4 Å². The normalized spacial score (nSPS) is 25.5. The molecule has 108 valence electrons. The Morgan fingerprint density at radius 1 is 1.00 bits per heavy atom. The van der Waals surface area contributed by atoms with E-state index in [0.29, 0.717) is 0 Å². The van der Waals surface area contributed by atoms with E-state index in [9.17, 15) is 0 Å². The van der Waals surface area contributed by atoms with Gasteiger partial charge in [0.05, 0.1) is 0 Å². The van der Waals surface area contributed by atoms with Crippen LogP contribution in [0.5, 0.6) is 0 Å². The van der Waals surface area contributed by atoms with Crippen LogP contribution in [0, 0.1) is 11.8 Å². The molecule has 0 aromatic carbocycles. The second-order valence-electron chi connectivity index (χ2n) is 6.02. The van der Waals surface area contributed by atoms with Gasteiger partial charge in [0.25, 0.3) is 0 Å². The van der Waals surface area contributed by atoms with Gasteiger partial charge in [-0.2, -0.15) is 0 Å². The van der Waals surface area contributed by atoms with Gasteiger partial charge < -0.3 is 10.6 Å². The highest BCUT2D eigenvalue weighted by molar-refractivity contribution is 4.80. The molecule has 0 bridgehead atoms. The molecule has 1 rings (SSSR count). The lowest BCUT2D eigenvalue weighted by atomic mass is 9.84. The maximum absolute atomic E-state index is 5.86. The summed E-state index contributed by atoms with van der Waals surface area (Å²) in [6.07, 6.45) is 11.1. The lowest BCUT2D eigenvalue weighted by Crippen LogP contribution is -2.43. The first-order chi connectivity index (χ1) is 8.81. The van der Waals surface area contributed by atoms with E-state index in [4.69, 9.17) is 5.73 Å². The van der Waals surface area contributed by atoms with Gasteiger partial charge in [-0.25, -0.2) is 0 Å². The summed E-state index contributed by atoms with van der Waals surface area (Å²) in [5.74, 6) is 1.64. The summed E-state index contributed by atoms with van der Waals surface area (Å²) in [6, 6.07) is 0. The molecule has 0 radical (unpaired) electrons. The van der Waals surface area contributed by atoms with Crippen molar-refractivity contribution in [3.05, 3.63) is 0 Å². The molecule has 0 aromatic rings. The molecule has 1 fully saturated rings. The van der Waals surface area contributed by atoms with E-state index >= 15 is 0 Å². The SMILES string of the molecule is CCCCCCCCN1CCC(CN)C(CC)C1. The zero-order chi connectivity index (χ0) is 13.2. The number of unbranched alkanes of at least 4 members (excludes halogenated alkanes) is 5. The molecule has 1 aliphatic heterocycles. The van der Waals surface area contributed by atoms with E-state index in [0.717, 1.165) is 18.4 Å². The molecule has 0 aliphatic carbocycles. The lowest BCUT2D eigenvalue weighted by Gasteiger charge is -2.37. The van der Waals surface area contributed by atoms with E-state index in [1.165, 1.54) is 71.0 Å². The van der Waals surface area contributed by atoms with Crippen molar-refractivity contribution in [1.29, 1.82) is 0 Å². The van der Waals surface area contributed by atoms with Crippen LogP contribution in [0.1, 0.15) is 65.2 Å². The first-order valence-electron chi connectivity index (χ1n) is 8.24. The fourth-order valence-electron chi connectivity index (χ4n) is 3.25. The van der Waals surface area contributed by atoms with E-state index in [-0.39, 0.29) is 0 Å². The number of hydrogen-bond donors (Lipinski definition) is 1. The Labute approximate surface area is 114 Å². The Kier molecular flexibility index (Phi) is 8.70. The van der Waals surface area contributed by atoms with Gasteiger partial charge in [0.1, 0.15) is 0 Å². The number of piperidine rings is 1. The summed E-state index contributed by atoms with van der Waals surface area (Å²) in [6.45, 7) is 9.40. The molecule has 18 heavy (non-hydrogen) atoms. The van der Waals surface area contributed by atoms with Gasteiger partial charge in [0, 0.05) is 6.54 Å². The van der Waals surface area contributed by atoms with Gasteiger partial charge in [-0.3, -0.25) is 0 Å². The second-order valence-corrected chi connectivity index (χ2v) is 6.02. The van der Waals surface area contributed by atoms with Crippen LogP contribution in [-0.4, -0.2) is 31.1 Å². The Morgan fingerprint density at radius 2 is 1.72 bits per heavy atom. The maximum Gasteiger partial charge on any atom is 0.00127 e. The number of rotatable bonds is 9.